The minimum Gasteiger partial charge on any atom is -0.508 e. The number of carbonyl (C=O) groups excluding carboxylic acids is 2. The van der Waals surface area contributed by atoms with Crippen molar-refractivity contribution >= 4 is 11.8 Å². The molecule has 0 aliphatic carbocycles. The van der Waals surface area contributed by atoms with E-state index in [2.05, 4.69) is 10.3 Å². The Morgan fingerprint density at radius 3 is 2.75 bits per heavy atom. The molecule has 2 amide bonds. The van der Waals surface area contributed by atoms with Gasteiger partial charge in [0.25, 0.3) is 5.91 Å². The van der Waals surface area contributed by atoms with Crippen molar-refractivity contribution in [2.45, 2.75) is 6.92 Å². The fourth-order valence-electron chi connectivity index (χ4n) is 1.03. The highest BCUT2D eigenvalue weighted by Gasteiger charge is 2.07. The quantitative estimate of drug-likeness (QED) is 0.619. The van der Waals surface area contributed by atoms with Crippen LogP contribution in [0.4, 0.5) is 0 Å². The molecule has 0 aliphatic heterocycles. The number of aromatic hydroxyl groups is 1. The van der Waals surface area contributed by atoms with E-state index >= 15 is 0 Å². The number of primary amides is 1. The molecule has 0 heterocycles. The highest BCUT2D eigenvalue weighted by atomic mass is 16.7. The Kier molecular flexibility index (Phi) is 3.84. The van der Waals surface area contributed by atoms with E-state index in [-0.39, 0.29) is 12.4 Å². The summed E-state index contributed by atoms with van der Waals surface area (Å²) in [6.45, 7) is 1.28. The van der Waals surface area contributed by atoms with Crippen molar-refractivity contribution in [3.8, 4) is 5.75 Å². The summed E-state index contributed by atoms with van der Waals surface area (Å²) in [5, 5.41) is 9.25. The molecule has 4 N–H and O–H groups in total. The normalized spacial score (nSPS) is 9.81. The van der Waals surface area contributed by atoms with Crippen molar-refractivity contribution < 1.29 is 19.5 Å². The first-order chi connectivity index (χ1) is 7.50. The number of carbonyl (C=O) groups is 2. The van der Waals surface area contributed by atoms with Crippen LogP contribution in [0, 0.1) is 6.92 Å². The molecule has 6 nitrogen and oxygen atoms in total. The summed E-state index contributed by atoms with van der Waals surface area (Å²) >= 11 is 0. The van der Waals surface area contributed by atoms with Gasteiger partial charge in [-0.05, 0) is 30.7 Å². The van der Waals surface area contributed by atoms with Crippen molar-refractivity contribution in [2.75, 3.05) is 6.61 Å². The van der Waals surface area contributed by atoms with E-state index in [1.165, 1.54) is 18.2 Å². The number of nitrogens with one attached hydrogen (secondary N) is 1. The van der Waals surface area contributed by atoms with E-state index < -0.39 is 11.8 Å². The van der Waals surface area contributed by atoms with Crippen LogP contribution in [0.3, 0.4) is 0 Å². The van der Waals surface area contributed by atoms with Gasteiger partial charge in [-0.3, -0.25) is 14.4 Å². The van der Waals surface area contributed by atoms with Crippen LogP contribution >= 0.6 is 0 Å². The number of nitrogens with two attached hydrogens (primary N) is 1. The zero-order chi connectivity index (χ0) is 12.1. The summed E-state index contributed by atoms with van der Waals surface area (Å²) in [4.78, 5) is 26.3. The molecular formula is C10H12N2O4. The first-order valence-electron chi connectivity index (χ1n) is 4.50. The Balaban J connectivity index is 2.59. The monoisotopic (exact) mass is 224 g/mol. The van der Waals surface area contributed by atoms with E-state index in [0.29, 0.717) is 11.1 Å². The number of hydrogen-bond acceptors (Lipinski definition) is 4. The van der Waals surface area contributed by atoms with Gasteiger partial charge in [-0.15, -0.1) is 0 Å². The summed E-state index contributed by atoms with van der Waals surface area (Å²) in [6.07, 6.45) is 0. The summed E-state index contributed by atoms with van der Waals surface area (Å²) in [5.41, 5.74) is 7.76. The van der Waals surface area contributed by atoms with Gasteiger partial charge >= 0.3 is 0 Å². The zero-order valence-electron chi connectivity index (χ0n) is 8.69. The molecule has 0 aromatic heterocycles. The molecule has 1 aromatic rings. The van der Waals surface area contributed by atoms with Gasteiger partial charge in [-0.1, -0.05) is 0 Å². The first-order valence-corrected chi connectivity index (χ1v) is 4.50. The number of amides is 2. The lowest BCUT2D eigenvalue weighted by Crippen LogP contribution is -2.29. The molecule has 6 heteroatoms. The van der Waals surface area contributed by atoms with Crippen LogP contribution in [-0.4, -0.2) is 23.5 Å². The second-order valence-electron chi connectivity index (χ2n) is 3.19. The lowest BCUT2D eigenvalue weighted by molar-refractivity contribution is -0.124. The number of benzene rings is 1. The lowest BCUT2D eigenvalue weighted by Gasteiger charge is -2.05. The number of hydroxylamine groups is 1. The van der Waals surface area contributed by atoms with E-state index in [9.17, 15) is 14.7 Å². The van der Waals surface area contributed by atoms with Crippen molar-refractivity contribution in [3.63, 3.8) is 0 Å². The predicted molar refractivity (Wildman–Crippen MR) is 55.5 cm³/mol. The van der Waals surface area contributed by atoms with Gasteiger partial charge in [-0.25, -0.2) is 5.48 Å². The van der Waals surface area contributed by atoms with Crippen LogP contribution in [-0.2, 0) is 9.63 Å². The van der Waals surface area contributed by atoms with Crippen molar-refractivity contribution in [3.05, 3.63) is 29.3 Å². The fraction of sp³-hybridized carbons (Fsp3) is 0.200. The Hall–Kier alpha value is -2.08. The lowest BCUT2D eigenvalue weighted by atomic mass is 10.1. The van der Waals surface area contributed by atoms with Gasteiger partial charge in [-0.2, -0.15) is 0 Å². The zero-order valence-corrected chi connectivity index (χ0v) is 8.69. The SMILES string of the molecule is Cc1cc(C(=O)NOCC(N)=O)ccc1O. The maximum absolute atomic E-state index is 11.4. The largest absolute Gasteiger partial charge is 0.508 e. The molecule has 0 aliphatic rings. The molecular weight excluding hydrogens is 212 g/mol. The fourth-order valence-corrected chi connectivity index (χ4v) is 1.03. The third-order valence-corrected chi connectivity index (χ3v) is 1.84. The van der Waals surface area contributed by atoms with Gasteiger partial charge in [0.05, 0.1) is 0 Å². The second kappa shape index (κ2) is 5.13. The van der Waals surface area contributed by atoms with E-state index in [1.54, 1.807) is 6.92 Å². The Bertz CT molecular complexity index is 417. The van der Waals surface area contributed by atoms with Crippen LogP contribution < -0.4 is 11.2 Å². The third kappa shape index (κ3) is 3.25. The average Bonchev–Trinajstić information content (AvgIpc) is 2.21. The smallest absolute Gasteiger partial charge is 0.274 e. The predicted octanol–water partition coefficient (Wildman–Crippen LogP) is -0.153. The van der Waals surface area contributed by atoms with Crippen LogP contribution in [0.25, 0.3) is 0 Å². The molecule has 0 saturated heterocycles. The van der Waals surface area contributed by atoms with Gasteiger partial charge in [0.15, 0.2) is 6.61 Å². The highest BCUT2D eigenvalue weighted by molar-refractivity contribution is 5.93. The van der Waals surface area contributed by atoms with Gasteiger partial charge in [0.2, 0.25) is 5.91 Å². The van der Waals surface area contributed by atoms with Crippen molar-refractivity contribution in [1.29, 1.82) is 0 Å². The Morgan fingerprint density at radius 2 is 2.19 bits per heavy atom. The number of phenolic OH excluding ortho intramolecular Hbond substituents is 1. The van der Waals surface area contributed by atoms with Crippen molar-refractivity contribution in [1.82, 2.24) is 5.48 Å². The average molecular weight is 224 g/mol. The summed E-state index contributed by atoms with van der Waals surface area (Å²) in [5.74, 6) is -1.08. The highest BCUT2D eigenvalue weighted by Crippen LogP contribution is 2.16. The molecule has 0 fully saturated rings. The first kappa shape index (κ1) is 12.0. The summed E-state index contributed by atoms with van der Waals surface area (Å²) in [6, 6.07) is 4.34. The molecule has 1 aromatic carbocycles. The molecule has 0 atom stereocenters. The van der Waals surface area contributed by atoms with Crippen molar-refractivity contribution in [2.24, 2.45) is 5.73 Å². The van der Waals surface area contributed by atoms with Gasteiger partial charge < -0.3 is 10.8 Å². The standard InChI is InChI=1S/C10H12N2O4/c1-6-4-7(2-3-8(6)13)10(15)12-16-5-9(11)14/h2-4,13H,5H2,1H3,(H2,11,14)(H,12,15). The second-order valence-corrected chi connectivity index (χ2v) is 3.19. The molecule has 0 spiro atoms. The maximum Gasteiger partial charge on any atom is 0.274 e. The van der Waals surface area contributed by atoms with Crippen LogP contribution in [0.5, 0.6) is 5.75 Å². The minimum atomic E-state index is -0.679. The van der Waals surface area contributed by atoms with E-state index in [1.807, 2.05) is 0 Å². The number of aryl methyl sites for hydroxylation is 1. The number of hydrogen-bond donors (Lipinski definition) is 3. The molecule has 1 rings (SSSR count). The molecule has 86 valence electrons. The van der Waals surface area contributed by atoms with Gasteiger partial charge in [0, 0.05) is 5.56 Å². The van der Waals surface area contributed by atoms with Crippen LogP contribution in [0.2, 0.25) is 0 Å². The Morgan fingerprint density at radius 1 is 1.50 bits per heavy atom. The molecule has 16 heavy (non-hydrogen) atoms. The summed E-state index contributed by atoms with van der Waals surface area (Å²) in [7, 11) is 0. The topological polar surface area (TPSA) is 102 Å². The molecule has 0 bridgehead atoms. The third-order valence-electron chi connectivity index (χ3n) is 1.84. The minimum absolute atomic E-state index is 0.106. The molecule has 0 unspecified atom stereocenters. The van der Waals surface area contributed by atoms with E-state index in [4.69, 9.17) is 5.73 Å². The molecule has 0 radical (unpaired) electrons. The van der Waals surface area contributed by atoms with Crippen LogP contribution in [0.15, 0.2) is 18.2 Å². The number of phenols is 1. The number of rotatable bonds is 4. The summed E-state index contributed by atoms with van der Waals surface area (Å²) < 4.78 is 0. The molecule has 0 saturated carbocycles. The van der Waals surface area contributed by atoms with Gasteiger partial charge in [0.1, 0.15) is 5.75 Å². The Labute approximate surface area is 92.0 Å². The van der Waals surface area contributed by atoms with E-state index in [0.717, 1.165) is 0 Å². The van der Waals surface area contributed by atoms with Crippen LogP contribution in [0.1, 0.15) is 15.9 Å². The maximum atomic E-state index is 11.4.